The minimum absolute atomic E-state index is 0.0278. The van der Waals surface area contributed by atoms with Crippen molar-refractivity contribution in [2.75, 3.05) is 6.61 Å². The van der Waals surface area contributed by atoms with Crippen LogP contribution in [0.25, 0.3) is 11.3 Å². The van der Waals surface area contributed by atoms with Crippen LogP contribution in [-0.2, 0) is 10.2 Å². The molecule has 3 rings (SSSR count). The highest BCUT2D eigenvalue weighted by Crippen LogP contribution is 2.23. The first kappa shape index (κ1) is 22.0. The molecule has 6 nitrogen and oxygen atoms in total. The Morgan fingerprint density at radius 1 is 1.03 bits per heavy atom. The fourth-order valence-corrected chi connectivity index (χ4v) is 2.93. The Labute approximate surface area is 181 Å². The lowest BCUT2D eigenvalue weighted by molar-refractivity contribution is 0.0526. The standard InChI is InChI=1S/C25H26N2O4/c1-5-30-24(29)19-8-6-7-18(15-19)22-14-13-21(31-22)16-26-27-23(28)17-9-11-20(12-10-17)25(2,3)4/h6-16H,5H2,1-4H3,(H,27,28)/b26-16-. The van der Waals surface area contributed by atoms with Crippen LogP contribution >= 0.6 is 0 Å². The Morgan fingerprint density at radius 2 is 1.77 bits per heavy atom. The molecule has 0 saturated carbocycles. The fourth-order valence-electron chi connectivity index (χ4n) is 2.93. The summed E-state index contributed by atoms with van der Waals surface area (Å²) in [6, 6.07) is 18.0. The van der Waals surface area contributed by atoms with Gasteiger partial charge >= 0.3 is 5.97 Å². The van der Waals surface area contributed by atoms with Gasteiger partial charge in [0.25, 0.3) is 5.91 Å². The molecular formula is C25H26N2O4. The van der Waals surface area contributed by atoms with Gasteiger partial charge in [0.15, 0.2) is 0 Å². The van der Waals surface area contributed by atoms with E-state index in [2.05, 4.69) is 31.3 Å². The van der Waals surface area contributed by atoms with E-state index in [9.17, 15) is 9.59 Å². The minimum atomic E-state index is -0.379. The zero-order valence-corrected chi connectivity index (χ0v) is 18.1. The Kier molecular flexibility index (Phi) is 6.70. The normalized spacial score (nSPS) is 11.5. The number of ether oxygens (including phenoxy) is 1. The summed E-state index contributed by atoms with van der Waals surface area (Å²) in [5.41, 5.74) is 5.41. The maximum absolute atomic E-state index is 12.3. The Bertz CT molecular complexity index is 1090. The predicted octanol–water partition coefficient (Wildman–Crippen LogP) is 5.18. The highest BCUT2D eigenvalue weighted by Gasteiger charge is 2.14. The van der Waals surface area contributed by atoms with Crippen LogP contribution in [0.1, 0.15) is 59.7 Å². The molecule has 31 heavy (non-hydrogen) atoms. The molecule has 1 heterocycles. The first-order valence-electron chi connectivity index (χ1n) is 10.1. The third kappa shape index (κ3) is 5.69. The number of nitrogens with zero attached hydrogens (tertiary/aromatic N) is 1. The molecule has 0 bridgehead atoms. The maximum atomic E-state index is 12.3. The predicted molar refractivity (Wildman–Crippen MR) is 120 cm³/mol. The number of hydrazone groups is 1. The van der Waals surface area contributed by atoms with E-state index in [-0.39, 0.29) is 17.3 Å². The molecule has 2 aromatic carbocycles. The van der Waals surface area contributed by atoms with Crippen LogP contribution in [0.4, 0.5) is 0 Å². The van der Waals surface area contributed by atoms with Crippen LogP contribution < -0.4 is 5.43 Å². The van der Waals surface area contributed by atoms with Crippen molar-refractivity contribution >= 4 is 18.1 Å². The van der Waals surface area contributed by atoms with Crippen molar-refractivity contribution < 1.29 is 18.7 Å². The van der Waals surface area contributed by atoms with Gasteiger partial charge in [0.2, 0.25) is 0 Å². The van der Waals surface area contributed by atoms with Gasteiger partial charge in [-0.1, -0.05) is 45.0 Å². The van der Waals surface area contributed by atoms with Crippen molar-refractivity contribution in [2.45, 2.75) is 33.1 Å². The summed E-state index contributed by atoms with van der Waals surface area (Å²) >= 11 is 0. The molecule has 1 N–H and O–H groups in total. The van der Waals surface area contributed by atoms with E-state index in [1.165, 1.54) is 6.21 Å². The average Bonchev–Trinajstić information content (AvgIpc) is 3.22. The zero-order chi connectivity index (χ0) is 22.4. The number of benzene rings is 2. The maximum Gasteiger partial charge on any atom is 0.338 e. The van der Waals surface area contributed by atoms with Gasteiger partial charge in [-0.25, -0.2) is 10.2 Å². The number of hydrogen-bond acceptors (Lipinski definition) is 5. The molecule has 0 spiro atoms. The molecule has 1 aromatic heterocycles. The molecule has 0 aliphatic carbocycles. The minimum Gasteiger partial charge on any atom is -0.462 e. The fraction of sp³-hybridized carbons (Fsp3) is 0.240. The first-order chi connectivity index (χ1) is 14.8. The molecule has 6 heteroatoms. The summed E-state index contributed by atoms with van der Waals surface area (Å²) in [6.45, 7) is 8.45. The van der Waals surface area contributed by atoms with Gasteiger partial charge < -0.3 is 9.15 Å². The molecule has 0 saturated heterocycles. The second-order valence-corrected chi connectivity index (χ2v) is 8.03. The summed E-state index contributed by atoms with van der Waals surface area (Å²) in [7, 11) is 0. The zero-order valence-electron chi connectivity index (χ0n) is 18.1. The van der Waals surface area contributed by atoms with E-state index in [1.54, 1.807) is 49.4 Å². The topological polar surface area (TPSA) is 80.9 Å². The summed E-state index contributed by atoms with van der Waals surface area (Å²) in [6.07, 6.45) is 1.43. The monoisotopic (exact) mass is 418 g/mol. The highest BCUT2D eigenvalue weighted by atomic mass is 16.5. The Morgan fingerprint density at radius 3 is 2.45 bits per heavy atom. The number of esters is 1. The van der Waals surface area contributed by atoms with E-state index in [0.717, 1.165) is 11.1 Å². The van der Waals surface area contributed by atoms with Gasteiger partial charge in [-0.05, 0) is 54.3 Å². The first-order valence-corrected chi connectivity index (χ1v) is 10.1. The highest BCUT2D eigenvalue weighted by molar-refractivity contribution is 5.95. The SMILES string of the molecule is CCOC(=O)c1cccc(-c2ccc(/C=N\NC(=O)c3ccc(C(C)(C)C)cc3)o2)c1. The van der Waals surface area contributed by atoms with Crippen LogP contribution in [-0.4, -0.2) is 24.7 Å². The number of amides is 1. The van der Waals surface area contributed by atoms with Gasteiger partial charge in [0, 0.05) is 11.1 Å². The summed E-state index contributed by atoms with van der Waals surface area (Å²) in [5, 5.41) is 3.97. The molecule has 0 atom stereocenters. The van der Waals surface area contributed by atoms with Gasteiger partial charge in [-0.3, -0.25) is 4.79 Å². The van der Waals surface area contributed by atoms with Crippen LogP contribution in [0.3, 0.4) is 0 Å². The molecule has 160 valence electrons. The molecule has 0 aliphatic rings. The van der Waals surface area contributed by atoms with Crippen molar-refractivity contribution in [3.63, 3.8) is 0 Å². The summed E-state index contributed by atoms with van der Waals surface area (Å²) in [5.74, 6) is 0.373. The number of furan rings is 1. The van der Waals surface area contributed by atoms with Crippen LogP contribution in [0.5, 0.6) is 0 Å². The van der Waals surface area contributed by atoms with Crippen molar-refractivity contribution in [2.24, 2.45) is 5.10 Å². The van der Waals surface area contributed by atoms with Crippen molar-refractivity contribution in [1.82, 2.24) is 5.43 Å². The van der Waals surface area contributed by atoms with Gasteiger partial charge in [0.05, 0.1) is 18.4 Å². The third-order valence-corrected chi connectivity index (χ3v) is 4.66. The van der Waals surface area contributed by atoms with Gasteiger partial charge in [-0.2, -0.15) is 5.10 Å². The van der Waals surface area contributed by atoms with E-state index in [0.29, 0.717) is 29.3 Å². The van der Waals surface area contributed by atoms with E-state index in [4.69, 9.17) is 9.15 Å². The van der Waals surface area contributed by atoms with Crippen LogP contribution in [0, 0.1) is 0 Å². The molecule has 3 aromatic rings. The number of hydrogen-bond donors (Lipinski definition) is 1. The smallest absolute Gasteiger partial charge is 0.338 e. The summed E-state index contributed by atoms with van der Waals surface area (Å²) in [4.78, 5) is 24.2. The number of carbonyl (C=O) groups excluding carboxylic acids is 2. The molecule has 1 amide bonds. The molecule has 0 fully saturated rings. The molecule has 0 radical (unpaired) electrons. The van der Waals surface area contributed by atoms with E-state index in [1.807, 2.05) is 18.2 Å². The second-order valence-electron chi connectivity index (χ2n) is 8.03. The number of carbonyl (C=O) groups is 2. The number of rotatable bonds is 6. The van der Waals surface area contributed by atoms with Crippen molar-refractivity contribution in [3.05, 3.63) is 83.1 Å². The Hall–Kier alpha value is -3.67. The Balaban J connectivity index is 1.64. The molecule has 0 unspecified atom stereocenters. The van der Waals surface area contributed by atoms with Crippen LogP contribution in [0.15, 0.2) is 70.2 Å². The van der Waals surface area contributed by atoms with Crippen molar-refractivity contribution in [1.29, 1.82) is 0 Å². The largest absolute Gasteiger partial charge is 0.462 e. The summed E-state index contributed by atoms with van der Waals surface area (Å²) < 4.78 is 10.8. The van der Waals surface area contributed by atoms with Crippen molar-refractivity contribution in [3.8, 4) is 11.3 Å². The van der Waals surface area contributed by atoms with E-state index < -0.39 is 0 Å². The lowest BCUT2D eigenvalue weighted by atomic mass is 9.87. The van der Waals surface area contributed by atoms with E-state index >= 15 is 0 Å². The quantitative estimate of drug-likeness (QED) is 0.340. The van der Waals surface area contributed by atoms with Gasteiger partial charge in [0.1, 0.15) is 11.5 Å². The number of nitrogens with one attached hydrogen (secondary N) is 1. The molecule has 0 aliphatic heterocycles. The van der Waals surface area contributed by atoms with Gasteiger partial charge in [-0.15, -0.1) is 0 Å². The third-order valence-electron chi connectivity index (χ3n) is 4.66. The van der Waals surface area contributed by atoms with Crippen LogP contribution in [0.2, 0.25) is 0 Å². The average molecular weight is 418 g/mol. The molecular weight excluding hydrogens is 392 g/mol. The lowest BCUT2D eigenvalue weighted by Crippen LogP contribution is -2.18. The lowest BCUT2D eigenvalue weighted by Gasteiger charge is -2.18. The second kappa shape index (κ2) is 9.43.